The summed E-state index contributed by atoms with van der Waals surface area (Å²) in [6, 6.07) is 9.25. The number of hydrogen-bond acceptors (Lipinski definition) is 4. The Morgan fingerprint density at radius 3 is 2.41 bits per heavy atom. The van der Waals surface area contributed by atoms with Gasteiger partial charge in [0.2, 0.25) is 0 Å². The minimum Gasteiger partial charge on any atom is -0.349 e. The summed E-state index contributed by atoms with van der Waals surface area (Å²) < 4.78 is 1.77. The number of aromatic nitrogens is 2. The van der Waals surface area contributed by atoms with Gasteiger partial charge < -0.3 is 16.0 Å². The van der Waals surface area contributed by atoms with Crippen LogP contribution in [0.25, 0.3) is 0 Å². The summed E-state index contributed by atoms with van der Waals surface area (Å²) in [6.07, 6.45) is 9.41. The number of piperidine rings is 1. The molecule has 2 fully saturated rings. The smallest absolute Gasteiger partial charge is 0.252 e. The third kappa shape index (κ3) is 4.62. The van der Waals surface area contributed by atoms with Crippen LogP contribution in [0.3, 0.4) is 0 Å². The maximum absolute atomic E-state index is 13.2. The Morgan fingerprint density at radius 1 is 1.10 bits per heavy atom. The van der Waals surface area contributed by atoms with Crippen LogP contribution in [-0.2, 0) is 10.3 Å². The number of nitrogens with zero attached hydrogens (tertiary/aromatic N) is 2. The molecular formula is C21H28ClN5O2. The van der Waals surface area contributed by atoms with E-state index in [-0.39, 0.29) is 24.2 Å². The molecule has 2 heterocycles. The predicted molar refractivity (Wildman–Crippen MR) is 114 cm³/mol. The molecule has 1 aromatic carbocycles. The van der Waals surface area contributed by atoms with Crippen molar-refractivity contribution in [3.63, 3.8) is 0 Å². The summed E-state index contributed by atoms with van der Waals surface area (Å²) in [6.45, 7) is 1.54. The molecule has 7 nitrogen and oxygen atoms in total. The third-order valence-corrected chi connectivity index (χ3v) is 5.89. The van der Waals surface area contributed by atoms with Crippen molar-refractivity contribution >= 4 is 29.9 Å². The molecule has 0 bridgehead atoms. The number of halogens is 1. The zero-order valence-corrected chi connectivity index (χ0v) is 17.2. The number of anilines is 1. The van der Waals surface area contributed by atoms with E-state index >= 15 is 0 Å². The van der Waals surface area contributed by atoms with Crippen LogP contribution in [0.15, 0.2) is 42.7 Å². The van der Waals surface area contributed by atoms with Crippen LogP contribution < -0.4 is 16.0 Å². The molecule has 4 rings (SSSR count). The molecule has 1 aliphatic heterocycles. The van der Waals surface area contributed by atoms with Gasteiger partial charge in [0, 0.05) is 29.7 Å². The fourth-order valence-corrected chi connectivity index (χ4v) is 4.21. The van der Waals surface area contributed by atoms with Crippen molar-refractivity contribution in [1.29, 1.82) is 0 Å². The lowest BCUT2D eigenvalue weighted by Gasteiger charge is -2.36. The Morgan fingerprint density at radius 2 is 1.79 bits per heavy atom. The lowest BCUT2D eigenvalue weighted by molar-refractivity contribution is -0.126. The molecule has 0 unspecified atom stereocenters. The lowest BCUT2D eigenvalue weighted by atomic mass is 9.87. The van der Waals surface area contributed by atoms with Crippen molar-refractivity contribution in [2.24, 2.45) is 0 Å². The average Bonchev–Trinajstić information content (AvgIpc) is 3.43. The van der Waals surface area contributed by atoms with Crippen molar-refractivity contribution in [3.05, 3.63) is 48.3 Å². The van der Waals surface area contributed by atoms with E-state index in [2.05, 4.69) is 21.0 Å². The number of hydrogen-bond donors (Lipinski definition) is 3. The van der Waals surface area contributed by atoms with Crippen LogP contribution >= 0.6 is 12.4 Å². The van der Waals surface area contributed by atoms with E-state index in [9.17, 15) is 9.59 Å². The molecule has 156 valence electrons. The fraction of sp³-hybridized carbons (Fsp3) is 0.476. The molecule has 8 heteroatoms. The first-order valence-corrected chi connectivity index (χ1v) is 10.1. The van der Waals surface area contributed by atoms with Crippen LogP contribution in [0, 0.1) is 0 Å². The van der Waals surface area contributed by atoms with Crippen LogP contribution in [0.2, 0.25) is 0 Å². The Labute approximate surface area is 177 Å². The molecule has 1 aromatic heterocycles. The van der Waals surface area contributed by atoms with Crippen LogP contribution in [0.5, 0.6) is 0 Å². The highest BCUT2D eigenvalue weighted by atomic mass is 35.5. The van der Waals surface area contributed by atoms with Crippen molar-refractivity contribution < 1.29 is 9.59 Å². The van der Waals surface area contributed by atoms with E-state index in [0.29, 0.717) is 30.1 Å². The Balaban J connectivity index is 0.00000240. The molecule has 1 saturated carbocycles. The van der Waals surface area contributed by atoms with Crippen molar-refractivity contribution in [2.45, 2.75) is 50.1 Å². The van der Waals surface area contributed by atoms with E-state index in [4.69, 9.17) is 0 Å². The average molecular weight is 418 g/mol. The van der Waals surface area contributed by atoms with Crippen LogP contribution in [0.1, 0.15) is 48.9 Å². The largest absolute Gasteiger partial charge is 0.349 e. The number of benzene rings is 1. The number of carbonyl (C=O) groups excluding carboxylic acids is 2. The first-order valence-electron chi connectivity index (χ1n) is 10.1. The quantitative estimate of drug-likeness (QED) is 0.697. The van der Waals surface area contributed by atoms with Gasteiger partial charge in [-0.1, -0.05) is 12.8 Å². The first-order chi connectivity index (χ1) is 13.7. The van der Waals surface area contributed by atoms with E-state index < -0.39 is 5.54 Å². The highest BCUT2D eigenvalue weighted by Crippen LogP contribution is 2.29. The summed E-state index contributed by atoms with van der Waals surface area (Å²) in [4.78, 5) is 25.5. The first kappa shape index (κ1) is 21.3. The van der Waals surface area contributed by atoms with E-state index in [1.165, 1.54) is 12.8 Å². The zero-order chi connectivity index (χ0) is 19.4. The molecular weight excluding hydrogens is 390 g/mol. The molecule has 1 aliphatic carbocycles. The zero-order valence-electron chi connectivity index (χ0n) is 16.4. The molecule has 0 spiro atoms. The second-order valence-corrected chi connectivity index (χ2v) is 7.72. The molecule has 1 saturated heterocycles. The number of amides is 2. The predicted octanol–water partition coefficient (Wildman–Crippen LogP) is 2.69. The van der Waals surface area contributed by atoms with Crippen molar-refractivity contribution in [1.82, 2.24) is 20.4 Å². The minimum absolute atomic E-state index is 0. The van der Waals surface area contributed by atoms with E-state index in [1.807, 2.05) is 12.3 Å². The van der Waals surface area contributed by atoms with Gasteiger partial charge >= 0.3 is 0 Å². The van der Waals surface area contributed by atoms with Gasteiger partial charge in [-0.15, -0.1) is 12.4 Å². The SMILES string of the molecule is Cl.O=C(NC1CCCC1)c1ccc(NC(=O)C2(n3cccn3)CCNCC2)cc1. The molecule has 2 amide bonds. The summed E-state index contributed by atoms with van der Waals surface area (Å²) in [5, 5.41) is 13.7. The lowest BCUT2D eigenvalue weighted by Crippen LogP contribution is -2.52. The summed E-state index contributed by atoms with van der Waals surface area (Å²) in [5.74, 6) is -0.114. The minimum atomic E-state index is -0.687. The molecule has 3 N–H and O–H groups in total. The van der Waals surface area contributed by atoms with Gasteiger partial charge in [-0.25, -0.2) is 0 Å². The van der Waals surface area contributed by atoms with Gasteiger partial charge in [-0.05, 0) is 69.1 Å². The topological polar surface area (TPSA) is 88.1 Å². The molecule has 0 atom stereocenters. The Kier molecular flexibility index (Phi) is 6.92. The van der Waals surface area contributed by atoms with Gasteiger partial charge in [-0.3, -0.25) is 14.3 Å². The second kappa shape index (κ2) is 9.41. The Hall–Kier alpha value is -2.38. The molecule has 2 aliphatic rings. The number of nitrogens with one attached hydrogen (secondary N) is 3. The Bertz CT molecular complexity index is 810. The highest BCUT2D eigenvalue weighted by Gasteiger charge is 2.42. The molecule has 0 radical (unpaired) electrons. The highest BCUT2D eigenvalue weighted by molar-refractivity contribution is 5.98. The summed E-state index contributed by atoms with van der Waals surface area (Å²) in [5.41, 5.74) is 0.619. The maximum Gasteiger partial charge on any atom is 0.252 e. The van der Waals surface area contributed by atoms with Crippen molar-refractivity contribution in [3.8, 4) is 0 Å². The fourth-order valence-electron chi connectivity index (χ4n) is 4.21. The molecule has 2 aromatic rings. The van der Waals surface area contributed by atoms with Gasteiger partial charge in [0.15, 0.2) is 0 Å². The van der Waals surface area contributed by atoms with Gasteiger partial charge in [-0.2, -0.15) is 5.10 Å². The normalized spacial score (nSPS) is 18.6. The van der Waals surface area contributed by atoms with Gasteiger partial charge in [0.25, 0.3) is 11.8 Å². The summed E-state index contributed by atoms with van der Waals surface area (Å²) >= 11 is 0. The summed E-state index contributed by atoms with van der Waals surface area (Å²) in [7, 11) is 0. The monoisotopic (exact) mass is 417 g/mol. The van der Waals surface area contributed by atoms with E-state index in [1.54, 1.807) is 35.1 Å². The third-order valence-electron chi connectivity index (χ3n) is 5.89. The maximum atomic E-state index is 13.2. The van der Waals surface area contributed by atoms with Crippen LogP contribution in [0.4, 0.5) is 5.69 Å². The van der Waals surface area contributed by atoms with Gasteiger partial charge in [0.1, 0.15) is 5.54 Å². The number of carbonyl (C=O) groups is 2. The molecule has 29 heavy (non-hydrogen) atoms. The second-order valence-electron chi connectivity index (χ2n) is 7.72. The number of rotatable bonds is 5. The van der Waals surface area contributed by atoms with Crippen LogP contribution in [-0.4, -0.2) is 40.7 Å². The van der Waals surface area contributed by atoms with Crippen molar-refractivity contribution in [2.75, 3.05) is 18.4 Å². The standard InChI is InChI=1S/C21H27N5O2.ClH/c27-19(24-17-4-1-2-5-17)16-6-8-18(9-7-16)25-20(28)21(10-13-22-14-11-21)26-15-3-12-23-26;/h3,6-9,12,15,17,22H,1-2,4-5,10-11,13-14H2,(H,24,27)(H,25,28);1H. The van der Waals surface area contributed by atoms with Gasteiger partial charge in [0.05, 0.1) is 0 Å². The van der Waals surface area contributed by atoms with E-state index in [0.717, 1.165) is 25.9 Å².